The van der Waals surface area contributed by atoms with Crippen molar-refractivity contribution in [2.75, 3.05) is 18.4 Å². The van der Waals surface area contributed by atoms with Crippen molar-refractivity contribution in [3.8, 4) is 11.8 Å². The Hall–Kier alpha value is -3.05. The maximum atomic E-state index is 14.4. The first-order valence-electron chi connectivity index (χ1n) is 10.3. The van der Waals surface area contributed by atoms with Gasteiger partial charge in [0.25, 0.3) is 0 Å². The van der Waals surface area contributed by atoms with Gasteiger partial charge in [-0.2, -0.15) is 18.2 Å². The minimum Gasteiger partial charge on any atom is -0.465 e. The number of halogens is 4. The van der Waals surface area contributed by atoms with E-state index in [0.29, 0.717) is 19.2 Å². The summed E-state index contributed by atoms with van der Waals surface area (Å²) in [6, 6.07) is 2.36. The number of piperidine rings is 1. The Bertz CT molecular complexity index is 996. The molecule has 1 saturated heterocycles. The Morgan fingerprint density at radius 2 is 1.91 bits per heavy atom. The van der Waals surface area contributed by atoms with Gasteiger partial charge in [0.2, 0.25) is 5.95 Å². The van der Waals surface area contributed by atoms with Crippen LogP contribution in [0.4, 0.5) is 28.3 Å². The predicted molar refractivity (Wildman–Crippen MR) is 105 cm³/mol. The number of carboxylic acid groups (broad SMARTS) is 1. The number of alkyl halides is 3. The molecule has 8 nitrogen and oxygen atoms in total. The highest BCUT2D eigenvalue weighted by molar-refractivity contribution is 5.65. The molecule has 2 N–H and O–H groups in total. The SMILES string of the molecule is CC(C)n1nc(N[C@H]2[C@@H]3CC[C@H]2CN(C(=O)O)C3)nc1Oc1cccc(C(F)(F)F)c1F. The standard InChI is InChI=1S/C20H23F4N5O3/c1-10(2)29-18(32-14-5-3-4-13(15(14)21)20(22,23)24)26-17(27-29)25-16-11-6-7-12(16)9-28(8-11)19(30)31/h3-5,10-12,16H,6-9H2,1-2H3,(H,25,27)(H,30,31)/t11-,12+,16+. The molecule has 0 unspecified atom stereocenters. The van der Waals surface area contributed by atoms with Crippen LogP contribution >= 0.6 is 0 Å². The summed E-state index contributed by atoms with van der Waals surface area (Å²) in [5, 5.41) is 16.9. The molecule has 2 aliphatic rings. The van der Waals surface area contributed by atoms with Gasteiger partial charge < -0.3 is 20.1 Å². The highest BCUT2D eigenvalue weighted by atomic mass is 19.4. The van der Waals surface area contributed by atoms with Gasteiger partial charge in [-0.1, -0.05) is 6.07 Å². The zero-order chi connectivity index (χ0) is 23.2. The predicted octanol–water partition coefficient (Wildman–Crippen LogP) is 4.61. The number of carbonyl (C=O) groups is 1. The van der Waals surface area contributed by atoms with Gasteiger partial charge in [0.15, 0.2) is 11.6 Å². The lowest BCUT2D eigenvalue weighted by Crippen LogP contribution is -2.49. The fourth-order valence-electron chi connectivity index (χ4n) is 4.45. The summed E-state index contributed by atoms with van der Waals surface area (Å²) >= 11 is 0. The van der Waals surface area contributed by atoms with Crippen molar-refractivity contribution in [1.29, 1.82) is 0 Å². The van der Waals surface area contributed by atoms with Crippen molar-refractivity contribution in [2.45, 2.75) is 44.9 Å². The monoisotopic (exact) mass is 457 g/mol. The molecular formula is C20H23F4N5O3. The Morgan fingerprint density at radius 3 is 2.47 bits per heavy atom. The fourth-order valence-corrected chi connectivity index (χ4v) is 4.45. The van der Waals surface area contributed by atoms with E-state index in [1.165, 1.54) is 9.58 Å². The van der Waals surface area contributed by atoms with Crippen LogP contribution < -0.4 is 10.1 Å². The number of benzene rings is 1. The van der Waals surface area contributed by atoms with Crippen LogP contribution in [0.1, 0.15) is 38.3 Å². The summed E-state index contributed by atoms with van der Waals surface area (Å²) < 4.78 is 60.2. The molecule has 1 aromatic heterocycles. The molecule has 1 aliphatic heterocycles. The van der Waals surface area contributed by atoms with Crippen LogP contribution in [0.25, 0.3) is 0 Å². The quantitative estimate of drug-likeness (QED) is 0.637. The summed E-state index contributed by atoms with van der Waals surface area (Å²) in [5.74, 6) is -1.73. The normalized spacial score (nSPS) is 23.0. The zero-order valence-electron chi connectivity index (χ0n) is 17.4. The third kappa shape index (κ3) is 4.17. The molecule has 1 amide bonds. The number of fused-ring (bicyclic) bond motifs is 2. The van der Waals surface area contributed by atoms with Gasteiger partial charge in [0.1, 0.15) is 0 Å². The highest BCUT2D eigenvalue weighted by Crippen LogP contribution is 2.39. The van der Waals surface area contributed by atoms with Gasteiger partial charge in [-0.25, -0.2) is 13.9 Å². The van der Waals surface area contributed by atoms with E-state index in [-0.39, 0.29) is 35.9 Å². The van der Waals surface area contributed by atoms with E-state index in [1.807, 2.05) is 0 Å². The summed E-state index contributed by atoms with van der Waals surface area (Å²) in [5.41, 5.74) is -1.43. The molecule has 174 valence electrons. The van der Waals surface area contributed by atoms with Gasteiger partial charge in [0, 0.05) is 19.1 Å². The fraction of sp³-hybridized carbons (Fsp3) is 0.550. The Kier molecular flexibility index (Phi) is 5.63. The lowest BCUT2D eigenvalue weighted by Gasteiger charge is -2.36. The second-order valence-electron chi connectivity index (χ2n) is 8.43. The van der Waals surface area contributed by atoms with Crippen LogP contribution in [-0.4, -0.2) is 50.0 Å². The van der Waals surface area contributed by atoms with Crippen LogP contribution in [-0.2, 0) is 6.18 Å². The molecule has 3 atom stereocenters. The van der Waals surface area contributed by atoms with E-state index >= 15 is 0 Å². The Morgan fingerprint density at radius 1 is 1.25 bits per heavy atom. The van der Waals surface area contributed by atoms with Crippen molar-refractivity contribution < 1.29 is 32.2 Å². The number of nitrogens with one attached hydrogen (secondary N) is 1. The van der Waals surface area contributed by atoms with Crippen LogP contribution in [0.5, 0.6) is 11.8 Å². The number of likely N-dealkylation sites (tertiary alicyclic amines) is 1. The number of nitrogens with zero attached hydrogens (tertiary/aromatic N) is 4. The average molecular weight is 457 g/mol. The van der Waals surface area contributed by atoms with Gasteiger partial charge in [0.05, 0.1) is 11.6 Å². The van der Waals surface area contributed by atoms with Crippen molar-refractivity contribution in [1.82, 2.24) is 19.7 Å². The van der Waals surface area contributed by atoms with Gasteiger partial charge >= 0.3 is 18.3 Å². The Labute approximate surface area is 181 Å². The summed E-state index contributed by atoms with van der Waals surface area (Å²) in [6.07, 6.45) is -4.06. The number of ether oxygens (including phenoxy) is 1. The molecule has 0 radical (unpaired) electrons. The van der Waals surface area contributed by atoms with Gasteiger partial charge in [-0.3, -0.25) is 0 Å². The van der Waals surface area contributed by atoms with E-state index in [4.69, 9.17) is 4.74 Å². The van der Waals surface area contributed by atoms with Crippen molar-refractivity contribution in [2.24, 2.45) is 11.8 Å². The molecule has 2 heterocycles. The molecule has 1 saturated carbocycles. The summed E-state index contributed by atoms with van der Waals surface area (Å²) in [6.45, 7) is 4.38. The minimum atomic E-state index is -4.86. The van der Waals surface area contributed by atoms with E-state index in [1.54, 1.807) is 13.8 Å². The number of amides is 1. The van der Waals surface area contributed by atoms with Crippen molar-refractivity contribution in [3.63, 3.8) is 0 Å². The average Bonchev–Trinajstić information content (AvgIpc) is 3.19. The molecule has 0 spiro atoms. The van der Waals surface area contributed by atoms with E-state index in [0.717, 1.165) is 25.0 Å². The summed E-state index contributed by atoms with van der Waals surface area (Å²) in [7, 11) is 0. The first-order chi connectivity index (χ1) is 15.0. The van der Waals surface area contributed by atoms with Crippen LogP contribution in [0.3, 0.4) is 0 Å². The van der Waals surface area contributed by atoms with Crippen LogP contribution in [0.15, 0.2) is 18.2 Å². The molecule has 2 aromatic rings. The number of anilines is 1. The number of aromatic nitrogens is 3. The second-order valence-corrected chi connectivity index (χ2v) is 8.43. The molecule has 12 heteroatoms. The number of rotatable bonds is 5. The maximum Gasteiger partial charge on any atom is 0.419 e. The van der Waals surface area contributed by atoms with Crippen molar-refractivity contribution >= 4 is 12.0 Å². The molecule has 2 fully saturated rings. The molecule has 1 aromatic carbocycles. The second kappa shape index (κ2) is 8.14. The summed E-state index contributed by atoms with van der Waals surface area (Å²) in [4.78, 5) is 17.0. The molecule has 4 rings (SSSR count). The van der Waals surface area contributed by atoms with E-state index < -0.39 is 29.4 Å². The van der Waals surface area contributed by atoms with Crippen LogP contribution in [0, 0.1) is 17.7 Å². The first-order valence-corrected chi connectivity index (χ1v) is 10.3. The van der Waals surface area contributed by atoms with E-state index in [2.05, 4.69) is 15.4 Å². The van der Waals surface area contributed by atoms with Gasteiger partial charge in [-0.15, -0.1) is 5.10 Å². The molecule has 2 bridgehead atoms. The lowest BCUT2D eigenvalue weighted by atomic mass is 9.92. The molecule has 1 aliphatic carbocycles. The smallest absolute Gasteiger partial charge is 0.419 e. The third-order valence-electron chi connectivity index (χ3n) is 5.96. The topological polar surface area (TPSA) is 92.5 Å². The van der Waals surface area contributed by atoms with Gasteiger partial charge in [-0.05, 0) is 50.7 Å². The first kappa shape index (κ1) is 22.2. The zero-order valence-corrected chi connectivity index (χ0v) is 17.4. The molecule has 32 heavy (non-hydrogen) atoms. The third-order valence-corrected chi connectivity index (χ3v) is 5.96. The van der Waals surface area contributed by atoms with Crippen molar-refractivity contribution in [3.05, 3.63) is 29.6 Å². The highest BCUT2D eigenvalue weighted by Gasteiger charge is 2.44. The molecular weight excluding hydrogens is 434 g/mol. The number of hydrogen-bond acceptors (Lipinski definition) is 5. The van der Waals surface area contributed by atoms with Crippen LogP contribution in [0.2, 0.25) is 0 Å². The van der Waals surface area contributed by atoms with E-state index in [9.17, 15) is 27.5 Å². The largest absolute Gasteiger partial charge is 0.465 e. The number of hydrogen-bond donors (Lipinski definition) is 2. The Balaban J connectivity index is 1.56. The lowest BCUT2D eigenvalue weighted by molar-refractivity contribution is -0.140. The maximum absolute atomic E-state index is 14.4. The minimum absolute atomic E-state index is 0.0354.